The Bertz CT molecular complexity index is 397. The highest BCUT2D eigenvalue weighted by molar-refractivity contribution is 5.17. The van der Waals surface area contributed by atoms with E-state index < -0.39 is 11.9 Å². The molecule has 1 atom stereocenters. The quantitative estimate of drug-likeness (QED) is 0.792. The molecule has 0 amide bonds. The van der Waals surface area contributed by atoms with Crippen molar-refractivity contribution in [2.24, 2.45) is 0 Å². The van der Waals surface area contributed by atoms with Crippen LogP contribution in [0.15, 0.2) is 41.1 Å². The van der Waals surface area contributed by atoms with Crippen molar-refractivity contribution in [2.75, 3.05) is 0 Å². The van der Waals surface area contributed by atoms with Gasteiger partial charge in [0.05, 0.1) is 18.2 Å². The summed E-state index contributed by atoms with van der Waals surface area (Å²) in [5, 5.41) is 9.69. The normalized spacial score (nSPS) is 12.7. The van der Waals surface area contributed by atoms with Crippen LogP contribution in [-0.4, -0.2) is 10.1 Å². The maximum Gasteiger partial charge on any atom is 0.153 e. The lowest BCUT2D eigenvalue weighted by Gasteiger charge is -2.05. The van der Waals surface area contributed by atoms with Crippen LogP contribution in [0.3, 0.4) is 0 Å². The fourth-order valence-corrected chi connectivity index (χ4v) is 1.14. The van der Waals surface area contributed by atoms with Gasteiger partial charge < -0.3 is 9.52 Å². The minimum atomic E-state index is -0.939. The summed E-state index contributed by atoms with van der Waals surface area (Å²) in [6.07, 6.45) is 1.58. The lowest BCUT2D eigenvalue weighted by atomic mass is 10.2. The Morgan fingerprint density at radius 3 is 2.79 bits per heavy atom. The summed E-state index contributed by atoms with van der Waals surface area (Å²) in [6.45, 7) is 0. The van der Waals surface area contributed by atoms with E-state index in [9.17, 15) is 9.50 Å². The van der Waals surface area contributed by atoms with Gasteiger partial charge in [-0.2, -0.15) is 0 Å². The molecule has 14 heavy (non-hydrogen) atoms. The molecule has 0 fully saturated rings. The summed E-state index contributed by atoms with van der Waals surface area (Å²) in [5.41, 5.74) is 0.362. The molecule has 0 bridgehead atoms. The molecule has 72 valence electrons. The number of halogens is 1. The van der Waals surface area contributed by atoms with Crippen LogP contribution in [0.1, 0.15) is 17.6 Å². The molecule has 2 aromatic heterocycles. The van der Waals surface area contributed by atoms with Crippen LogP contribution in [0.5, 0.6) is 0 Å². The third-order valence-electron chi connectivity index (χ3n) is 1.84. The monoisotopic (exact) mass is 193 g/mol. The van der Waals surface area contributed by atoms with Crippen molar-refractivity contribution in [1.82, 2.24) is 4.98 Å². The molecule has 1 unspecified atom stereocenters. The van der Waals surface area contributed by atoms with Gasteiger partial charge in [-0.3, -0.25) is 4.98 Å². The van der Waals surface area contributed by atoms with E-state index in [4.69, 9.17) is 4.42 Å². The molecule has 4 heteroatoms. The standard InChI is InChI=1S/C10H8FNO2/c11-7-3-4-8(12-6-7)10(13)9-2-1-5-14-9/h1-6,10,13H. The molecular weight excluding hydrogens is 185 g/mol. The first-order valence-corrected chi connectivity index (χ1v) is 4.10. The van der Waals surface area contributed by atoms with Crippen molar-refractivity contribution in [3.05, 3.63) is 54.0 Å². The zero-order valence-electron chi connectivity index (χ0n) is 7.22. The summed E-state index contributed by atoms with van der Waals surface area (Å²) in [4.78, 5) is 3.75. The Morgan fingerprint density at radius 1 is 1.36 bits per heavy atom. The van der Waals surface area contributed by atoms with E-state index >= 15 is 0 Å². The summed E-state index contributed by atoms with van der Waals surface area (Å²) in [6, 6.07) is 5.97. The maximum absolute atomic E-state index is 12.5. The van der Waals surface area contributed by atoms with Crippen molar-refractivity contribution in [3.8, 4) is 0 Å². The van der Waals surface area contributed by atoms with Crippen LogP contribution in [0.25, 0.3) is 0 Å². The van der Waals surface area contributed by atoms with Crippen LogP contribution in [0.4, 0.5) is 4.39 Å². The fourth-order valence-electron chi connectivity index (χ4n) is 1.14. The van der Waals surface area contributed by atoms with Crippen molar-refractivity contribution in [2.45, 2.75) is 6.10 Å². The first-order valence-electron chi connectivity index (χ1n) is 4.10. The molecule has 2 rings (SSSR count). The van der Waals surface area contributed by atoms with Gasteiger partial charge in [0.1, 0.15) is 11.6 Å². The Labute approximate surface area is 79.8 Å². The number of aromatic nitrogens is 1. The van der Waals surface area contributed by atoms with E-state index in [1.807, 2.05) is 0 Å². The highest BCUT2D eigenvalue weighted by Crippen LogP contribution is 2.19. The zero-order chi connectivity index (χ0) is 9.97. The van der Waals surface area contributed by atoms with Gasteiger partial charge >= 0.3 is 0 Å². The van der Waals surface area contributed by atoms with E-state index in [1.54, 1.807) is 12.1 Å². The van der Waals surface area contributed by atoms with Gasteiger partial charge in [-0.1, -0.05) is 0 Å². The lowest BCUT2D eigenvalue weighted by Crippen LogP contribution is -2.00. The van der Waals surface area contributed by atoms with Gasteiger partial charge in [-0.15, -0.1) is 0 Å². The molecule has 0 aliphatic carbocycles. The van der Waals surface area contributed by atoms with Crippen LogP contribution in [0, 0.1) is 5.82 Å². The SMILES string of the molecule is OC(c1ccc(F)cn1)c1ccco1. The lowest BCUT2D eigenvalue weighted by molar-refractivity contribution is 0.184. The molecular formula is C10H8FNO2. The zero-order valence-corrected chi connectivity index (χ0v) is 7.22. The summed E-state index contributed by atoms with van der Waals surface area (Å²) < 4.78 is 17.5. The van der Waals surface area contributed by atoms with E-state index in [-0.39, 0.29) is 0 Å². The number of hydrogen-bond donors (Lipinski definition) is 1. The topological polar surface area (TPSA) is 46.3 Å². The third-order valence-corrected chi connectivity index (χ3v) is 1.84. The van der Waals surface area contributed by atoms with Gasteiger partial charge in [-0.05, 0) is 24.3 Å². The maximum atomic E-state index is 12.5. The van der Waals surface area contributed by atoms with Crippen LogP contribution < -0.4 is 0 Å². The predicted molar refractivity (Wildman–Crippen MR) is 47.0 cm³/mol. The Balaban J connectivity index is 2.28. The average Bonchev–Trinajstić information content (AvgIpc) is 2.71. The average molecular weight is 193 g/mol. The second-order valence-electron chi connectivity index (χ2n) is 2.82. The number of aliphatic hydroxyl groups excluding tert-OH is 1. The van der Waals surface area contributed by atoms with E-state index in [1.165, 1.54) is 18.4 Å². The first kappa shape index (κ1) is 8.90. The summed E-state index contributed by atoms with van der Waals surface area (Å²) in [5.74, 6) is -0.0375. The van der Waals surface area contributed by atoms with Crippen LogP contribution >= 0.6 is 0 Å². The minimum Gasteiger partial charge on any atom is -0.466 e. The van der Waals surface area contributed by atoms with Crippen molar-refractivity contribution in [1.29, 1.82) is 0 Å². The molecule has 2 heterocycles. The van der Waals surface area contributed by atoms with Crippen molar-refractivity contribution < 1.29 is 13.9 Å². The molecule has 0 saturated carbocycles. The molecule has 0 aliphatic heterocycles. The Kier molecular flexibility index (Phi) is 2.28. The Hall–Kier alpha value is -1.68. The molecule has 2 aromatic rings. The van der Waals surface area contributed by atoms with E-state index in [2.05, 4.69) is 4.98 Å². The smallest absolute Gasteiger partial charge is 0.153 e. The molecule has 0 aliphatic rings. The third kappa shape index (κ3) is 1.65. The highest BCUT2D eigenvalue weighted by atomic mass is 19.1. The summed E-state index contributed by atoms with van der Waals surface area (Å²) >= 11 is 0. The number of pyridine rings is 1. The van der Waals surface area contributed by atoms with Gasteiger partial charge in [0, 0.05) is 0 Å². The number of aliphatic hydroxyl groups is 1. The molecule has 0 aromatic carbocycles. The van der Waals surface area contributed by atoms with Crippen molar-refractivity contribution >= 4 is 0 Å². The van der Waals surface area contributed by atoms with Crippen molar-refractivity contribution in [3.63, 3.8) is 0 Å². The molecule has 0 saturated heterocycles. The minimum absolute atomic E-state index is 0.362. The number of nitrogens with zero attached hydrogens (tertiary/aromatic N) is 1. The molecule has 0 radical (unpaired) electrons. The first-order chi connectivity index (χ1) is 6.77. The van der Waals surface area contributed by atoms with Gasteiger partial charge in [0.25, 0.3) is 0 Å². The number of furan rings is 1. The van der Waals surface area contributed by atoms with E-state index in [0.717, 1.165) is 6.20 Å². The highest BCUT2D eigenvalue weighted by Gasteiger charge is 2.13. The number of rotatable bonds is 2. The number of hydrogen-bond acceptors (Lipinski definition) is 3. The second-order valence-corrected chi connectivity index (χ2v) is 2.82. The van der Waals surface area contributed by atoms with Crippen LogP contribution in [0.2, 0.25) is 0 Å². The Morgan fingerprint density at radius 2 is 2.21 bits per heavy atom. The van der Waals surface area contributed by atoms with Crippen LogP contribution in [-0.2, 0) is 0 Å². The summed E-state index contributed by atoms with van der Waals surface area (Å²) in [7, 11) is 0. The molecule has 1 N–H and O–H groups in total. The predicted octanol–water partition coefficient (Wildman–Crippen LogP) is 1.90. The second kappa shape index (κ2) is 3.59. The van der Waals surface area contributed by atoms with E-state index in [0.29, 0.717) is 11.5 Å². The molecule has 0 spiro atoms. The molecule has 3 nitrogen and oxygen atoms in total. The van der Waals surface area contributed by atoms with Gasteiger partial charge in [0.15, 0.2) is 6.10 Å². The fraction of sp³-hybridized carbons (Fsp3) is 0.100. The van der Waals surface area contributed by atoms with Gasteiger partial charge in [0.2, 0.25) is 0 Å². The van der Waals surface area contributed by atoms with Gasteiger partial charge in [-0.25, -0.2) is 4.39 Å². The largest absolute Gasteiger partial charge is 0.466 e.